The first-order valence-corrected chi connectivity index (χ1v) is 7.82. The quantitative estimate of drug-likeness (QED) is 0.555. The molecule has 0 fully saturated rings. The molecule has 0 aliphatic carbocycles. The molecule has 0 spiro atoms. The Morgan fingerprint density at radius 2 is 1.85 bits per heavy atom. The van der Waals surface area contributed by atoms with Crippen LogP contribution in [0.4, 0.5) is 5.69 Å². The van der Waals surface area contributed by atoms with E-state index in [0.29, 0.717) is 21.8 Å². The van der Waals surface area contributed by atoms with Crippen LogP contribution in [0.5, 0.6) is 5.88 Å². The van der Waals surface area contributed by atoms with Crippen molar-refractivity contribution in [2.45, 2.75) is 6.54 Å². The van der Waals surface area contributed by atoms with Crippen LogP contribution in [-0.4, -0.2) is 25.5 Å². The van der Waals surface area contributed by atoms with Crippen LogP contribution in [-0.2, 0) is 11.3 Å². The summed E-state index contributed by atoms with van der Waals surface area (Å²) in [6.07, 6.45) is 1.31. The molecule has 8 nitrogen and oxygen atoms in total. The number of carbonyl (C=O) groups is 1. The Labute approximate surface area is 146 Å². The van der Waals surface area contributed by atoms with Crippen LogP contribution in [0.2, 0.25) is 0 Å². The fraction of sp³-hybridized carbons (Fsp3) is 0.0556. The van der Waals surface area contributed by atoms with Gasteiger partial charge in [-0.2, -0.15) is 0 Å². The van der Waals surface area contributed by atoms with Crippen molar-refractivity contribution in [1.29, 1.82) is 0 Å². The minimum Gasteiger partial charge on any atom is -0.493 e. The molecule has 2 heterocycles. The first kappa shape index (κ1) is 15.7. The third kappa shape index (κ3) is 2.73. The molecule has 1 amide bonds. The zero-order valence-corrected chi connectivity index (χ0v) is 13.5. The van der Waals surface area contributed by atoms with E-state index >= 15 is 0 Å². The molecule has 0 radical (unpaired) electrons. The molecule has 2 N–H and O–H groups in total. The van der Waals surface area contributed by atoms with Crippen LogP contribution in [0.25, 0.3) is 21.8 Å². The highest BCUT2D eigenvalue weighted by Crippen LogP contribution is 2.35. The van der Waals surface area contributed by atoms with Crippen molar-refractivity contribution in [3.63, 3.8) is 0 Å². The van der Waals surface area contributed by atoms with Crippen LogP contribution < -0.4 is 5.56 Å². The number of hydrogen-bond donors (Lipinski definition) is 2. The van der Waals surface area contributed by atoms with Crippen LogP contribution in [0.15, 0.2) is 69.9 Å². The summed E-state index contributed by atoms with van der Waals surface area (Å²) in [5, 5.41) is 18.4. The molecule has 0 saturated heterocycles. The number of azo groups is 1. The van der Waals surface area contributed by atoms with E-state index in [1.165, 1.54) is 10.9 Å². The number of para-hydroxylation sites is 2. The Hall–Kier alpha value is -3.81. The van der Waals surface area contributed by atoms with Gasteiger partial charge in [-0.05, 0) is 18.2 Å². The monoisotopic (exact) mass is 347 g/mol. The van der Waals surface area contributed by atoms with E-state index in [1.54, 1.807) is 42.5 Å². The summed E-state index contributed by atoms with van der Waals surface area (Å²) in [6, 6.07) is 14.0. The summed E-state index contributed by atoms with van der Waals surface area (Å²) >= 11 is 0. The van der Waals surface area contributed by atoms with Gasteiger partial charge in [0.15, 0.2) is 5.69 Å². The maximum absolute atomic E-state index is 12.4. The molecule has 4 aromatic rings. The third-order valence-electron chi connectivity index (χ3n) is 3.96. The van der Waals surface area contributed by atoms with Gasteiger partial charge >= 0.3 is 0 Å². The number of nitrogens with one attached hydrogen (secondary N) is 1. The van der Waals surface area contributed by atoms with Gasteiger partial charge in [-0.25, -0.2) is 4.98 Å². The van der Waals surface area contributed by atoms with E-state index in [0.717, 1.165) is 0 Å². The highest BCUT2D eigenvalue weighted by molar-refractivity contribution is 5.94. The lowest BCUT2D eigenvalue weighted by Gasteiger charge is -2.03. The number of amides is 1. The molecular weight excluding hydrogens is 334 g/mol. The SMILES string of the molecule is O=C(Cn1cnc2ccccc2c1=O)N=Nc1c(O)[nH]c2ccccc12. The highest BCUT2D eigenvalue weighted by Gasteiger charge is 2.11. The molecule has 0 bridgehead atoms. The molecule has 26 heavy (non-hydrogen) atoms. The molecule has 8 heteroatoms. The number of aromatic nitrogens is 3. The van der Waals surface area contributed by atoms with Gasteiger partial charge in [0.2, 0.25) is 5.88 Å². The fourth-order valence-electron chi connectivity index (χ4n) is 2.72. The standard InChI is InChI=1S/C18H13N5O3/c24-15(9-23-10-19-13-7-3-2-6-12(13)18(23)26)21-22-16-11-5-1-4-8-14(11)20-17(16)25/h1-8,10,20,25H,9H2. The zero-order valence-electron chi connectivity index (χ0n) is 13.5. The van der Waals surface area contributed by atoms with Crippen molar-refractivity contribution in [1.82, 2.24) is 14.5 Å². The molecule has 0 atom stereocenters. The molecular formula is C18H13N5O3. The number of aromatic amines is 1. The van der Waals surface area contributed by atoms with Gasteiger partial charge in [0.25, 0.3) is 11.5 Å². The third-order valence-corrected chi connectivity index (χ3v) is 3.96. The fourth-order valence-corrected chi connectivity index (χ4v) is 2.72. The predicted octanol–water partition coefficient (Wildman–Crippen LogP) is 2.89. The van der Waals surface area contributed by atoms with Gasteiger partial charge in [0.05, 0.1) is 22.7 Å². The number of nitrogens with zero attached hydrogens (tertiary/aromatic N) is 4. The van der Waals surface area contributed by atoms with E-state index in [2.05, 4.69) is 20.2 Å². The predicted molar refractivity (Wildman–Crippen MR) is 95.5 cm³/mol. The number of aromatic hydroxyl groups is 1. The van der Waals surface area contributed by atoms with E-state index in [4.69, 9.17) is 0 Å². The summed E-state index contributed by atoms with van der Waals surface area (Å²) < 4.78 is 1.18. The summed E-state index contributed by atoms with van der Waals surface area (Å²) in [5.41, 5.74) is 1.10. The Morgan fingerprint density at radius 3 is 2.69 bits per heavy atom. The number of rotatable bonds is 3. The van der Waals surface area contributed by atoms with Gasteiger partial charge in [0.1, 0.15) is 6.54 Å². The first-order valence-electron chi connectivity index (χ1n) is 7.82. The minimum atomic E-state index is -0.631. The number of carbonyl (C=O) groups excluding carboxylic acids is 1. The van der Waals surface area contributed by atoms with Gasteiger partial charge in [-0.15, -0.1) is 10.2 Å². The second kappa shape index (κ2) is 6.25. The average molecular weight is 347 g/mol. The maximum Gasteiger partial charge on any atom is 0.284 e. The Kier molecular flexibility index (Phi) is 3.77. The van der Waals surface area contributed by atoms with Gasteiger partial charge < -0.3 is 10.1 Å². The lowest BCUT2D eigenvalue weighted by molar-refractivity contribution is -0.118. The summed E-state index contributed by atoms with van der Waals surface area (Å²) in [4.78, 5) is 31.4. The molecule has 0 aliphatic rings. The van der Waals surface area contributed by atoms with Crippen LogP contribution in [0.1, 0.15) is 0 Å². The first-order chi connectivity index (χ1) is 12.6. The number of hydrogen-bond acceptors (Lipinski definition) is 5. The number of fused-ring (bicyclic) bond motifs is 2. The summed E-state index contributed by atoms with van der Waals surface area (Å²) in [6.45, 7) is -0.288. The molecule has 0 aliphatic heterocycles. The highest BCUT2D eigenvalue weighted by atomic mass is 16.3. The van der Waals surface area contributed by atoms with Gasteiger partial charge in [-0.1, -0.05) is 30.3 Å². The molecule has 4 rings (SSSR count). The van der Waals surface area contributed by atoms with E-state index in [9.17, 15) is 14.7 Å². The van der Waals surface area contributed by atoms with Crippen molar-refractivity contribution in [3.8, 4) is 5.88 Å². The lowest BCUT2D eigenvalue weighted by Crippen LogP contribution is -2.23. The van der Waals surface area contributed by atoms with Crippen molar-refractivity contribution >= 4 is 33.4 Å². The maximum atomic E-state index is 12.4. The van der Waals surface area contributed by atoms with E-state index in [-0.39, 0.29) is 23.7 Å². The van der Waals surface area contributed by atoms with Crippen molar-refractivity contribution in [2.75, 3.05) is 0 Å². The van der Waals surface area contributed by atoms with E-state index < -0.39 is 5.91 Å². The van der Waals surface area contributed by atoms with E-state index in [1.807, 2.05) is 6.07 Å². The molecule has 2 aromatic carbocycles. The molecule has 128 valence electrons. The van der Waals surface area contributed by atoms with Crippen LogP contribution in [0, 0.1) is 0 Å². The molecule has 2 aromatic heterocycles. The van der Waals surface area contributed by atoms with Crippen molar-refractivity contribution in [3.05, 3.63) is 65.2 Å². The lowest BCUT2D eigenvalue weighted by atomic mass is 10.2. The normalized spacial score (nSPS) is 11.5. The second-order valence-corrected chi connectivity index (χ2v) is 5.66. The van der Waals surface area contributed by atoms with Gasteiger partial charge in [0, 0.05) is 5.39 Å². The minimum absolute atomic E-state index is 0.174. The van der Waals surface area contributed by atoms with Crippen molar-refractivity contribution < 1.29 is 9.90 Å². The largest absolute Gasteiger partial charge is 0.493 e. The topological polar surface area (TPSA) is 113 Å². The molecule has 0 saturated carbocycles. The summed E-state index contributed by atoms with van der Waals surface area (Å²) in [5.74, 6) is -0.804. The number of benzene rings is 2. The van der Waals surface area contributed by atoms with Crippen LogP contribution in [0.3, 0.4) is 0 Å². The Bertz CT molecular complexity index is 1220. The second-order valence-electron chi connectivity index (χ2n) is 5.66. The smallest absolute Gasteiger partial charge is 0.284 e. The average Bonchev–Trinajstić information content (AvgIpc) is 2.97. The Morgan fingerprint density at radius 1 is 1.12 bits per heavy atom. The van der Waals surface area contributed by atoms with Gasteiger partial charge in [-0.3, -0.25) is 14.2 Å². The van der Waals surface area contributed by atoms with Crippen LogP contribution >= 0.6 is 0 Å². The summed E-state index contributed by atoms with van der Waals surface area (Å²) in [7, 11) is 0. The molecule has 0 unspecified atom stereocenters. The Balaban J connectivity index is 1.61. The number of H-pyrrole nitrogens is 1. The van der Waals surface area contributed by atoms with Crippen molar-refractivity contribution in [2.24, 2.45) is 10.2 Å². The zero-order chi connectivity index (χ0) is 18.1.